The van der Waals surface area contributed by atoms with E-state index in [1.165, 1.54) is 33.1 Å². The van der Waals surface area contributed by atoms with Gasteiger partial charge in [-0.15, -0.1) is 0 Å². The van der Waals surface area contributed by atoms with Crippen LogP contribution in [0.4, 0.5) is 17.1 Å². The van der Waals surface area contributed by atoms with Gasteiger partial charge >= 0.3 is 0 Å². The number of fused-ring (bicyclic) bond motifs is 5. The summed E-state index contributed by atoms with van der Waals surface area (Å²) in [6.45, 7) is 2.14. The van der Waals surface area contributed by atoms with Gasteiger partial charge in [-0.1, -0.05) is 42.5 Å². The third-order valence-electron chi connectivity index (χ3n) is 5.40. The molecule has 0 saturated carbocycles. The first-order chi connectivity index (χ1) is 13.3. The molecule has 0 unspecified atom stereocenters. The van der Waals surface area contributed by atoms with Crippen LogP contribution in [-0.2, 0) is 0 Å². The predicted octanol–water partition coefficient (Wildman–Crippen LogP) is 6.27. The first-order valence-corrected chi connectivity index (χ1v) is 9.17. The van der Waals surface area contributed by atoms with Crippen LogP contribution in [-0.4, -0.2) is 9.55 Å². The molecular formula is C24H17N3. The van der Waals surface area contributed by atoms with E-state index in [4.69, 9.17) is 4.98 Å². The van der Waals surface area contributed by atoms with Crippen LogP contribution in [0.1, 0.15) is 5.56 Å². The van der Waals surface area contributed by atoms with E-state index in [-0.39, 0.29) is 0 Å². The second-order valence-corrected chi connectivity index (χ2v) is 7.05. The lowest BCUT2D eigenvalue weighted by Gasteiger charge is -2.32. The largest absolute Gasteiger partial charge is 0.305 e. The van der Waals surface area contributed by atoms with Crippen molar-refractivity contribution in [1.29, 1.82) is 0 Å². The Hall–Kier alpha value is -3.59. The molecule has 0 spiro atoms. The Morgan fingerprint density at radius 2 is 1.59 bits per heavy atom. The van der Waals surface area contributed by atoms with E-state index in [1.54, 1.807) is 0 Å². The second-order valence-electron chi connectivity index (χ2n) is 7.05. The SMILES string of the molecule is Cc1ccc2c3cccc4c3n(c2c1)-c1ncccc1N4c1ccccc1. The lowest BCUT2D eigenvalue weighted by Crippen LogP contribution is -2.18. The first kappa shape index (κ1) is 14.6. The number of benzene rings is 3. The minimum absolute atomic E-state index is 0.977. The van der Waals surface area contributed by atoms with Gasteiger partial charge in [0.25, 0.3) is 0 Å². The summed E-state index contributed by atoms with van der Waals surface area (Å²) in [6, 6.07) is 27.9. The number of para-hydroxylation sites is 2. The number of anilines is 3. The number of nitrogens with zero attached hydrogens (tertiary/aromatic N) is 3. The topological polar surface area (TPSA) is 21.1 Å². The van der Waals surface area contributed by atoms with Crippen LogP contribution in [0.25, 0.3) is 27.6 Å². The van der Waals surface area contributed by atoms with Gasteiger partial charge in [-0.2, -0.15) is 0 Å². The van der Waals surface area contributed by atoms with Gasteiger partial charge in [0, 0.05) is 22.7 Å². The molecule has 1 aliphatic rings. The molecule has 3 nitrogen and oxygen atoms in total. The molecule has 6 rings (SSSR count). The Bertz CT molecular complexity index is 1330. The maximum atomic E-state index is 4.79. The highest BCUT2D eigenvalue weighted by Crippen LogP contribution is 2.48. The standard InChI is InChI=1S/C24H17N3/c1-16-12-13-18-19-9-5-10-20-23(19)27(22(18)15-16)24-21(11-6-14-25-24)26(20)17-7-3-2-4-8-17/h2-15H,1H3. The summed E-state index contributed by atoms with van der Waals surface area (Å²) in [5, 5.41) is 2.53. The van der Waals surface area contributed by atoms with Crippen molar-refractivity contribution < 1.29 is 0 Å². The third kappa shape index (κ3) is 1.88. The monoisotopic (exact) mass is 347 g/mol. The molecule has 0 saturated heterocycles. The minimum Gasteiger partial charge on any atom is -0.305 e. The number of hydrogen-bond donors (Lipinski definition) is 0. The van der Waals surface area contributed by atoms with Gasteiger partial charge < -0.3 is 4.90 Å². The highest BCUT2D eigenvalue weighted by Gasteiger charge is 2.28. The molecule has 3 aromatic carbocycles. The summed E-state index contributed by atoms with van der Waals surface area (Å²) in [7, 11) is 0. The average Bonchev–Trinajstić information content (AvgIpc) is 3.04. The van der Waals surface area contributed by atoms with Crippen LogP contribution in [0.2, 0.25) is 0 Å². The maximum absolute atomic E-state index is 4.79. The Kier molecular flexibility index (Phi) is 2.81. The summed E-state index contributed by atoms with van der Waals surface area (Å²) in [5.74, 6) is 0.977. The lowest BCUT2D eigenvalue weighted by atomic mass is 10.1. The predicted molar refractivity (Wildman–Crippen MR) is 112 cm³/mol. The molecule has 5 aromatic rings. The normalized spacial score (nSPS) is 12.6. The number of aryl methyl sites for hydroxylation is 1. The fourth-order valence-corrected chi connectivity index (χ4v) is 4.28. The van der Waals surface area contributed by atoms with Crippen molar-refractivity contribution in [3.63, 3.8) is 0 Å². The van der Waals surface area contributed by atoms with Crippen molar-refractivity contribution in [3.05, 3.63) is 90.6 Å². The zero-order valence-electron chi connectivity index (χ0n) is 14.9. The van der Waals surface area contributed by atoms with E-state index in [0.717, 1.165) is 17.2 Å². The quantitative estimate of drug-likeness (QED) is 0.349. The van der Waals surface area contributed by atoms with Gasteiger partial charge in [0.1, 0.15) is 0 Å². The zero-order valence-corrected chi connectivity index (χ0v) is 14.9. The van der Waals surface area contributed by atoms with Crippen LogP contribution in [0.5, 0.6) is 0 Å². The summed E-state index contributed by atoms with van der Waals surface area (Å²) >= 11 is 0. The van der Waals surface area contributed by atoms with E-state index < -0.39 is 0 Å². The Morgan fingerprint density at radius 3 is 2.48 bits per heavy atom. The Morgan fingerprint density at radius 1 is 0.741 bits per heavy atom. The molecule has 0 aliphatic carbocycles. The second kappa shape index (κ2) is 5.21. The summed E-state index contributed by atoms with van der Waals surface area (Å²) in [5.41, 5.74) is 7.12. The zero-order chi connectivity index (χ0) is 18.0. The molecule has 2 aromatic heterocycles. The van der Waals surface area contributed by atoms with Gasteiger partial charge in [0.15, 0.2) is 5.82 Å². The number of hydrogen-bond acceptors (Lipinski definition) is 2. The summed E-state index contributed by atoms with van der Waals surface area (Å²) in [4.78, 5) is 7.11. The van der Waals surface area contributed by atoms with Crippen LogP contribution in [0.15, 0.2) is 85.1 Å². The van der Waals surface area contributed by atoms with Gasteiger partial charge in [-0.05, 0) is 48.9 Å². The molecule has 0 bridgehead atoms. The van der Waals surface area contributed by atoms with Crippen molar-refractivity contribution in [3.8, 4) is 5.82 Å². The third-order valence-corrected chi connectivity index (χ3v) is 5.40. The molecule has 1 aliphatic heterocycles. The highest BCUT2D eigenvalue weighted by molar-refractivity contribution is 6.16. The summed E-state index contributed by atoms with van der Waals surface area (Å²) in [6.07, 6.45) is 1.88. The smallest absolute Gasteiger partial charge is 0.162 e. The van der Waals surface area contributed by atoms with Gasteiger partial charge in [0.2, 0.25) is 0 Å². The Labute approximate surface area is 157 Å². The van der Waals surface area contributed by atoms with E-state index in [0.29, 0.717) is 0 Å². The van der Waals surface area contributed by atoms with Crippen molar-refractivity contribution in [2.24, 2.45) is 0 Å². The minimum atomic E-state index is 0.977. The van der Waals surface area contributed by atoms with Crippen molar-refractivity contribution in [1.82, 2.24) is 9.55 Å². The Balaban J connectivity index is 1.84. The van der Waals surface area contributed by atoms with E-state index in [1.807, 2.05) is 12.3 Å². The van der Waals surface area contributed by atoms with Crippen molar-refractivity contribution in [2.45, 2.75) is 6.92 Å². The van der Waals surface area contributed by atoms with Crippen LogP contribution in [0, 0.1) is 6.92 Å². The summed E-state index contributed by atoms with van der Waals surface area (Å²) < 4.78 is 2.32. The molecule has 0 atom stereocenters. The molecule has 0 fully saturated rings. The van der Waals surface area contributed by atoms with E-state index in [9.17, 15) is 0 Å². The van der Waals surface area contributed by atoms with E-state index >= 15 is 0 Å². The maximum Gasteiger partial charge on any atom is 0.162 e. The molecule has 0 N–H and O–H groups in total. The van der Waals surface area contributed by atoms with Crippen LogP contribution < -0.4 is 4.90 Å². The molecule has 0 radical (unpaired) electrons. The highest BCUT2D eigenvalue weighted by atomic mass is 15.2. The number of rotatable bonds is 1. The fraction of sp³-hybridized carbons (Fsp3) is 0.0417. The van der Waals surface area contributed by atoms with Gasteiger partial charge in [0.05, 0.1) is 22.4 Å². The van der Waals surface area contributed by atoms with Gasteiger partial charge in [-0.3, -0.25) is 4.57 Å². The number of aromatic nitrogens is 2. The van der Waals surface area contributed by atoms with Crippen molar-refractivity contribution >= 4 is 38.9 Å². The average molecular weight is 347 g/mol. The van der Waals surface area contributed by atoms with Crippen LogP contribution >= 0.6 is 0 Å². The first-order valence-electron chi connectivity index (χ1n) is 9.17. The molecular weight excluding hydrogens is 330 g/mol. The van der Waals surface area contributed by atoms with Gasteiger partial charge in [-0.25, -0.2) is 4.98 Å². The molecule has 27 heavy (non-hydrogen) atoms. The van der Waals surface area contributed by atoms with Crippen molar-refractivity contribution in [2.75, 3.05) is 4.90 Å². The fourth-order valence-electron chi connectivity index (χ4n) is 4.28. The van der Waals surface area contributed by atoms with Crippen LogP contribution in [0.3, 0.4) is 0 Å². The van der Waals surface area contributed by atoms with E-state index in [2.05, 4.69) is 89.2 Å². The lowest BCUT2D eigenvalue weighted by molar-refractivity contribution is 1.04. The molecule has 128 valence electrons. The molecule has 3 heteroatoms. The number of pyridine rings is 1. The molecule has 3 heterocycles. The molecule has 0 amide bonds.